The van der Waals surface area contributed by atoms with Crippen LogP contribution in [0.1, 0.15) is 17.5 Å². The molecule has 2 heterocycles. The number of methoxy groups -OCH3 is 2. The molecule has 8 N–H and O–H groups in total. The first-order chi connectivity index (χ1) is 23.4. The van der Waals surface area contributed by atoms with Crippen molar-refractivity contribution in [2.24, 2.45) is 0 Å². The van der Waals surface area contributed by atoms with E-state index in [1.165, 1.54) is 62.8 Å². The van der Waals surface area contributed by atoms with Gasteiger partial charge in [-0.1, -0.05) is 24.3 Å². The summed E-state index contributed by atoms with van der Waals surface area (Å²) in [4.78, 5) is 25.0. The lowest BCUT2D eigenvalue weighted by atomic mass is 9.99. The van der Waals surface area contributed by atoms with Gasteiger partial charge in [-0.25, -0.2) is 0 Å². The molecule has 268 valence electrons. The molecule has 0 aromatic heterocycles. The van der Waals surface area contributed by atoms with Crippen LogP contribution in [-0.4, -0.2) is 141 Å². The summed E-state index contributed by atoms with van der Waals surface area (Å²) in [5.74, 6) is -0.384. The second-order valence-corrected chi connectivity index (χ2v) is 11.2. The number of hydrogen-bond donors (Lipinski definition) is 8. The second kappa shape index (κ2) is 17.1. The number of carbonyl (C=O) groups excluding carboxylic acids is 2. The molecule has 16 nitrogen and oxygen atoms in total. The van der Waals surface area contributed by atoms with Crippen molar-refractivity contribution in [3.8, 4) is 23.0 Å². The van der Waals surface area contributed by atoms with Crippen molar-refractivity contribution < 1.29 is 78.9 Å². The zero-order chi connectivity index (χ0) is 35.8. The van der Waals surface area contributed by atoms with Gasteiger partial charge in [0.15, 0.2) is 34.6 Å². The van der Waals surface area contributed by atoms with Gasteiger partial charge in [0.2, 0.25) is 12.6 Å². The molecule has 2 saturated heterocycles. The maximum absolute atomic E-state index is 12.5. The largest absolute Gasteiger partial charge is 0.493 e. The number of aliphatic hydroxyl groups excluding tert-OH is 8. The van der Waals surface area contributed by atoms with E-state index in [0.717, 1.165) is 0 Å². The van der Waals surface area contributed by atoms with E-state index in [1.807, 2.05) is 0 Å². The maximum Gasteiger partial charge on any atom is 0.229 e. The van der Waals surface area contributed by atoms with Crippen LogP contribution in [0.5, 0.6) is 23.0 Å². The van der Waals surface area contributed by atoms with E-state index in [9.17, 15) is 50.4 Å². The Kier molecular flexibility index (Phi) is 13.2. The van der Waals surface area contributed by atoms with Crippen LogP contribution in [0.3, 0.4) is 0 Å². The Morgan fingerprint density at radius 2 is 1.00 bits per heavy atom. The van der Waals surface area contributed by atoms with Gasteiger partial charge in [0.05, 0.1) is 33.9 Å². The Hall–Kier alpha value is -3.94. The molecule has 0 bridgehead atoms. The third-order valence-corrected chi connectivity index (χ3v) is 7.83. The Labute approximate surface area is 280 Å². The van der Waals surface area contributed by atoms with Crippen LogP contribution in [0.4, 0.5) is 0 Å². The Balaban J connectivity index is 1.33. The fourth-order valence-corrected chi connectivity index (χ4v) is 5.02. The summed E-state index contributed by atoms with van der Waals surface area (Å²) in [6, 6.07) is 9.09. The van der Waals surface area contributed by atoms with Gasteiger partial charge in [-0.3, -0.25) is 9.59 Å². The normalized spacial score (nSPS) is 30.3. The van der Waals surface area contributed by atoms with Gasteiger partial charge in [0.25, 0.3) is 0 Å². The van der Waals surface area contributed by atoms with Gasteiger partial charge < -0.3 is 69.3 Å². The molecular weight excluding hydrogens is 652 g/mol. The standard InChI is InChI=1S/C33H40O16/c1-44-22-11-16(5-9-20(22)46-32-30(42)28(40)26(38)24(14-34)48-32)3-7-18(36)13-19(37)8-4-17-6-10-21(23(12-17)45-2)47-33-31(43)29(41)27(39)25(15-35)49-33/h3-12,24-35,38-43H,13-15H2,1-2H3/b7-3+,8-4+/t24-,25-,26-,27-,28+,29+,30-,31-,32?,33?/m1/s1. The van der Waals surface area contributed by atoms with Crippen molar-refractivity contribution in [3.63, 3.8) is 0 Å². The lowest BCUT2D eigenvalue weighted by Gasteiger charge is -2.39. The molecule has 2 unspecified atom stereocenters. The quantitative estimate of drug-likeness (QED) is 0.0813. The van der Waals surface area contributed by atoms with Crippen molar-refractivity contribution in [2.75, 3.05) is 27.4 Å². The first-order valence-electron chi connectivity index (χ1n) is 15.1. The number of ketones is 2. The summed E-state index contributed by atoms with van der Waals surface area (Å²) in [6.07, 6.45) is -9.81. The number of benzene rings is 2. The molecule has 4 rings (SSSR count). The molecule has 16 heteroatoms. The highest BCUT2D eigenvalue weighted by Crippen LogP contribution is 2.34. The number of hydrogen-bond acceptors (Lipinski definition) is 16. The Bertz CT molecular complexity index is 1380. The molecule has 0 radical (unpaired) electrons. The van der Waals surface area contributed by atoms with E-state index in [2.05, 4.69) is 0 Å². The summed E-state index contributed by atoms with van der Waals surface area (Å²) >= 11 is 0. The minimum Gasteiger partial charge on any atom is -0.493 e. The average Bonchev–Trinajstić information content (AvgIpc) is 3.10. The molecule has 2 aromatic carbocycles. The lowest BCUT2D eigenvalue weighted by Crippen LogP contribution is -2.60. The summed E-state index contributed by atoms with van der Waals surface area (Å²) in [6.45, 7) is -1.24. The zero-order valence-electron chi connectivity index (χ0n) is 26.5. The van der Waals surface area contributed by atoms with Gasteiger partial charge >= 0.3 is 0 Å². The zero-order valence-corrected chi connectivity index (χ0v) is 26.5. The van der Waals surface area contributed by atoms with Gasteiger partial charge in [0, 0.05) is 0 Å². The first kappa shape index (κ1) is 37.9. The highest BCUT2D eigenvalue weighted by Gasteiger charge is 2.46. The molecular formula is C33H40O16. The van der Waals surface area contributed by atoms with Crippen molar-refractivity contribution in [1.82, 2.24) is 0 Å². The molecule has 10 atom stereocenters. The minimum absolute atomic E-state index is 0.112. The number of rotatable bonds is 14. The van der Waals surface area contributed by atoms with Crippen molar-refractivity contribution in [1.29, 1.82) is 0 Å². The monoisotopic (exact) mass is 692 g/mol. The highest BCUT2D eigenvalue weighted by atomic mass is 16.7. The SMILES string of the molecule is COc1cc(/C=C/C(=O)CC(=O)/C=C/c2ccc(OC3O[C@H](CO)[C@@H](O)[C@H](O)[C@H]3O)c(OC)c2)ccc1OC1O[C@H](CO)[C@@H](O)[C@H](O)[C@H]1O. The van der Waals surface area contributed by atoms with E-state index in [-0.39, 0.29) is 23.0 Å². The molecule has 2 fully saturated rings. The third kappa shape index (κ3) is 9.20. The van der Waals surface area contributed by atoms with Crippen LogP contribution < -0.4 is 18.9 Å². The number of carbonyl (C=O) groups is 2. The average molecular weight is 693 g/mol. The van der Waals surface area contributed by atoms with Gasteiger partial charge in [-0.15, -0.1) is 0 Å². The van der Waals surface area contributed by atoms with Crippen molar-refractivity contribution in [3.05, 3.63) is 59.7 Å². The van der Waals surface area contributed by atoms with E-state index < -0.39 is 92.6 Å². The molecule has 2 aromatic rings. The Morgan fingerprint density at radius 1 is 0.612 bits per heavy atom. The van der Waals surface area contributed by atoms with Crippen LogP contribution >= 0.6 is 0 Å². The number of ether oxygens (including phenoxy) is 6. The van der Waals surface area contributed by atoms with E-state index in [4.69, 9.17) is 28.4 Å². The fourth-order valence-electron chi connectivity index (χ4n) is 5.02. The predicted octanol–water partition coefficient (Wildman–Crippen LogP) is -1.68. The van der Waals surface area contributed by atoms with Crippen molar-refractivity contribution >= 4 is 23.7 Å². The summed E-state index contributed by atoms with van der Waals surface area (Å²) < 4.78 is 32.6. The van der Waals surface area contributed by atoms with Crippen molar-refractivity contribution in [2.45, 2.75) is 67.8 Å². The topological polar surface area (TPSA) is 251 Å². The van der Waals surface area contributed by atoms with E-state index >= 15 is 0 Å². The molecule has 0 amide bonds. The van der Waals surface area contributed by atoms with E-state index in [1.54, 1.807) is 12.1 Å². The predicted molar refractivity (Wildman–Crippen MR) is 167 cm³/mol. The van der Waals surface area contributed by atoms with Gasteiger partial charge in [-0.05, 0) is 47.5 Å². The van der Waals surface area contributed by atoms with E-state index in [0.29, 0.717) is 11.1 Å². The molecule has 0 saturated carbocycles. The highest BCUT2D eigenvalue weighted by molar-refractivity contribution is 6.10. The third-order valence-electron chi connectivity index (χ3n) is 7.83. The molecule has 49 heavy (non-hydrogen) atoms. The summed E-state index contributed by atoms with van der Waals surface area (Å²) in [5.41, 5.74) is 1.01. The number of allylic oxidation sites excluding steroid dienone is 2. The minimum atomic E-state index is -1.62. The summed E-state index contributed by atoms with van der Waals surface area (Å²) in [5, 5.41) is 79.1. The molecule has 0 spiro atoms. The first-order valence-corrected chi connectivity index (χ1v) is 15.1. The Morgan fingerprint density at radius 3 is 1.35 bits per heavy atom. The van der Waals surface area contributed by atoms with Crippen LogP contribution in [0.25, 0.3) is 12.2 Å². The smallest absolute Gasteiger partial charge is 0.229 e. The molecule has 2 aliphatic rings. The van der Waals surface area contributed by atoms with Crippen LogP contribution in [0.2, 0.25) is 0 Å². The molecule has 0 aliphatic carbocycles. The summed E-state index contributed by atoms with van der Waals surface area (Å²) in [7, 11) is 2.71. The number of aliphatic hydroxyl groups is 8. The molecule has 2 aliphatic heterocycles. The fraction of sp³-hybridized carbons (Fsp3) is 0.455. The van der Waals surface area contributed by atoms with Gasteiger partial charge in [0.1, 0.15) is 48.8 Å². The second-order valence-electron chi connectivity index (χ2n) is 11.2. The van der Waals surface area contributed by atoms with Gasteiger partial charge in [-0.2, -0.15) is 0 Å². The maximum atomic E-state index is 12.5. The van der Waals surface area contributed by atoms with Crippen LogP contribution in [-0.2, 0) is 19.1 Å². The van der Waals surface area contributed by atoms with Crippen LogP contribution in [0.15, 0.2) is 48.6 Å². The lowest BCUT2D eigenvalue weighted by molar-refractivity contribution is -0.277. The van der Waals surface area contributed by atoms with Crippen LogP contribution in [0, 0.1) is 0 Å².